The van der Waals surface area contributed by atoms with Crippen molar-refractivity contribution in [2.75, 3.05) is 13.1 Å². The Hall–Kier alpha value is -1.84. The second-order valence-corrected chi connectivity index (χ2v) is 6.30. The molecule has 0 aromatic heterocycles. The quantitative estimate of drug-likeness (QED) is 0.902. The summed E-state index contributed by atoms with van der Waals surface area (Å²) < 4.78 is 0. The fraction of sp³-hybridized carbons (Fsp3) is 0.529. The summed E-state index contributed by atoms with van der Waals surface area (Å²) in [4.78, 5) is 25.9. The number of hydrogen-bond donors (Lipinski definition) is 1. The first-order chi connectivity index (χ1) is 9.95. The minimum atomic E-state index is -0.207. The Morgan fingerprint density at radius 3 is 2.62 bits per heavy atom. The van der Waals surface area contributed by atoms with Gasteiger partial charge in [-0.3, -0.25) is 9.59 Å². The van der Waals surface area contributed by atoms with Crippen LogP contribution in [0.3, 0.4) is 0 Å². The van der Waals surface area contributed by atoms with Crippen molar-refractivity contribution in [1.29, 1.82) is 0 Å². The van der Waals surface area contributed by atoms with Crippen LogP contribution in [0.5, 0.6) is 0 Å². The minimum absolute atomic E-state index is 0.00320. The van der Waals surface area contributed by atoms with Crippen LogP contribution in [-0.4, -0.2) is 29.8 Å². The first kappa shape index (κ1) is 15.5. The van der Waals surface area contributed by atoms with Gasteiger partial charge >= 0.3 is 0 Å². The fourth-order valence-electron chi connectivity index (χ4n) is 2.46. The van der Waals surface area contributed by atoms with E-state index in [1.165, 1.54) is 5.56 Å². The van der Waals surface area contributed by atoms with Gasteiger partial charge in [-0.25, -0.2) is 0 Å². The van der Waals surface area contributed by atoms with E-state index in [2.05, 4.69) is 19.2 Å². The van der Waals surface area contributed by atoms with Crippen LogP contribution in [0.2, 0.25) is 0 Å². The largest absolute Gasteiger partial charge is 0.356 e. The van der Waals surface area contributed by atoms with Crippen LogP contribution in [-0.2, 0) is 16.1 Å². The summed E-state index contributed by atoms with van der Waals surface area (Å²) in [6.07, 6.45) is 0.329. The number of aryl methyl sites for hydroxylation is 1. The Labute approximate surface area is 126 Å². The number of nitrogens with one attached hydrogen (secondary N) is 1. The van der Waals surface area contributed by atoms with Crippen LogP contribution >= 0.6 is 0 Å². The van der Waals surface area contributed by atoms with Crippen molar-refractivity contribution >= 4 is 11.8 Å². The normalized spacial score (nSPS) is 18.4. The summed E-state index contributed by atoms with van der Waals surface area (Å²) in [5.41, 5.74) is 2.31. The number of hydrogen-bond acceptors (Lipinski definition) is 2. The zero-order valence-corrected chi connectivity index (χ0v) is 13.1. The van der Waals surface area contributed by atoms with Gasteiger partial charge in [-0.2, -0.15) is 0 Å². The van der Waals surface area contributed by atoms with Gasteiger partial charge in [0.1, 0.15) is 0 Å². The number of rotatable bonds is 5. The third kappa shape index (κ3) is 4.31. The van der Waals surface area contributed by atoms with Gasteiger partial charge < -0.3 is 10.2 Å². The zero-order chi connectivity index (χ0) is 15.4. The van der Waals surface area contributed by atoms with Crippen molar-refractivity contribution in [1.82, 2.24) is 10.2 Å². The molecule has 2 amide bonds. The maximum Gasteiger partial charge on any atom is 0.225 e. The minimum Gasteiger partial charge on any atom is -0.356 e. The molecule has 114 valence electrons. The van der Waals surface area contributed by atoms with E-state index in [0.29, 0.717) is 32.0 Å². The summed E-state index contributed by atoms with van der Waals surface area (Å²) in [5.74, 6) is 0.292. The highest BCUT2D eigenvalue weighted by Gasteiger charge is 2.34. The first-order valence-electron chi connectivity index (χ1n) is 7.56. The lowest BCUT2D eigenvalue weighted by Gasteiger charge is -2.17. The van der Waals surface area contributed by atoms with Crippen LogP contribution in [0.4, 0.5) is 0 Å². The second kappa shape index (κ2) is 6.74. The Bertz CT molecular complexity index is 508. The van der Waals surface area contributed by atoms with Crippen molar-refractivity contribution < 1.29 is 9.59 Å². The van der Waals surface area contributed by atoms with Crippen LogP contribution < -0.4 is 5.32 Å². The standard InChI is InChI=1S/C17H24N2O2/c1-12(2)9-18-17(21)15-8-16(20)19(11-15)10-14-6-4-13(3)5-7-14/h4-7,12,15H,8-11H2,1-3H3,(H,18,21). The highest BCUT2D eigenvalue weighted by molar-refractivity contribution is 5.89. The van der Waals surface area contributed by atoms with E-state index in [9.17, 15) is 9.59 Å². The van der Waals surface area contributed by atoms with E-state index >= 15 is 0 Å². The van der Waals surface area contributed by atoms with Crippen molar-refractivity contribution in [3.05, 3.63) is 35.4 Å². The third-order valence-electron chi connectivity index (χ3n) is 3.76. The van der Waals surface area contributed by atoms with Crippen molar-refractivity contribution in [2.45, 2.75) is 33.7 Å². The Kier molecular flexibility index (Phi) is 4.99. The molecule has 1 N–H and O–H groups in total. The predicted molar refractivity (Wildman–Crippen MR) is 82.6 cm³/mol. The average Bonchev–Trinajstić information content (AvgIpc) is 2.80. The van der Waals surface area contributed by atoms with E-state index in [0.717, 1.165) is 5.56 Å². The molecule has 1 heterocycles. The number of nitrogens with zero attached hydrogens (tertiary/aromatic N) is 1. The molecule has 1 saturated heterocycles. The van der Waals surface area contributed by atoms with Crippen LogP contribution in [0.25, 0.3) is 0 Å². The molecule has 1 aromatic carbocycles. The number of carbonyl (C=O) groups is 2. The summed E-state index contributed by atoms with van der Waals surface area (Å²) in [6.45, 7) is 7.94. The van der Waals surface area contributed by atoms with Gasteiger partial charge in [0, 0.05) is 26.1 Å². The van der Waals surface area contributed by atoms with Gasteiger partial charge in [0.15, 0.2) is 0 Å². The van der Waals surface area contributed by atoms with Gasteiger partial charge in [0.05, 0.1) is 5.92 Å². The molecule has 2 rings (SSSR count). The molecular formula is C17H24N2O2. The Morgan fingerprint density at radius 2 is 2.00 bits per heavy atom. The molecule has 0 spiro atoms. The SMILES string of the molecule is Cc1ccc(CN2CC(C(=O)NCC(C)C)CC2=O)cc1. The van der Waals surface area contributed by atoms with E-state index in [4.69, 9.17) is 0 Å². The number of benzene rings is 1. The highest BCUT2D eigenvalue weighted by Crippen LogP contribution is 2.20. The molecule has 1 aliphatic heterocycles. The van der Waals surface area contributed by atoms with E-state index in [1.54, 1.807) is 4.90 Å². The van der Waals surface area contributed by atoms with Gasteiger partial charge in [-0.15, -0.1) is 0 Å². The maximum atomic E-state index is 12.0. The lowest BCUT2D eigenvalue weighted by atomic mass is 10.1. The monoisotopic (exact) mass is 288 g/mol. The van der Waals surface area contributed by atoms with Gasteiger partial charge in [0.2, 0.25) is 11.8 Å². The number of likely N-dealkylation sites (tertiary alicyclic amines) is 1. The lowest BCUT2D eigenvalue weighted by Crippen LogP contribution is -2.34. The smallest absolute Gasteiger partial charge is 0.225 e. The molecule has 1 atom stereocenters. The number of carbonyl (C=O) groups excluding carboxylic acids is 2. The molecule has 0 bridgehead atoms. The van der Waals surface area contributed by atoms with Crippen molar-refractivity contribution in [2.24, 2.45) is 11.8 Å². The molecule has 4 nitrogen and oxygen atoms in total. The fourth-order valence-corrected chi connectivity index (χ4v) is 2.46. The molecule has 1 unspecified atom stereocenters. The Morgan fingerprint density at radius 1 is 1.33 bits per heavy atom. The zero-order valence-electron chi connectivity index (χ0n) is 13.1. The van der Waals surface area contributed by atoms with Crippen LogP contribution in [0.1, 0.15) is 31.4 Å². The lowest BCUT2D eigenvalue weighted by molar-refractivity contribution is -0.129. The van der Waals surface area contributed by atoms with Gasteiger partial charge in [-0.1, -0.05) is 43.7 Å². The molecule has 0 aliphatic carbocycles. The van der Waals surface area contributed by atoms with Gasteiger partial charge in [0.25, 0.3) is 0 Å². The summed E-state index contributed by atoms with van der Waals surface area (Å²) in [5, 5.41) is 2.92. The average molecular weight is 288 g/mol. The number of amides is 2. The molecular weight excluding hydrogens is 264 g/mol. The topological polar surface area (TPSA) is 49.4 Å². The molecule has 0 saturated carbocycles. The summed E-state index contributed by atoms with van der Waals surface area (Å²) >= 11 is 0. The molecule has 1 aliphatic rings. The maximum absolute atomic E-state index is 12.0. The summed E-state index contributed by atoms with van der Waals surface area (Å²) in [6, 6.07) is 8.16. The van der Waals surface area contributed by atoms with Crippen molar-refractivity contribution in [3.8, 4) is 0 Å². The first-order valence-corrected chi connectivity index (χ1v) is 7.56. The van der Waals surface area contributed by atoms with E-state index in [1.807, 2.05) is 31.2 Å². The molecule has 1 aromatic rings. The Balaban J connectivity index is 1.90. The second-order valence-electron chi connectivity index (χ2n) is 6.30. The highest BCUT2D eigenvalue weighted by atomic mass is 16.2. The van der Waals surface area contributed by atoms with Crippen LogP contribution in [0.15, 0.2) is 24.3 Å². The third-order valence-corrected chi connectivity index (χ3v) is 3.76. The van der Waals surface area contributed by atoms with E-state index < -0.39 is 0 Å². The van der Waals surface area contributed by atoms with Crippen molar-refractivity contribution in [3.63, 3.8) is 0 Å². The van der Waals surface area contributed by atoms with Gasteiger partial charge in [-0.05, 0) is 18.4 Å². The van der Waals surface area contributed by atoms with Crippen LogP contribution in [0, 0.1) is 18.8 Å². The molecule has 21 heavy (non-hydrogen) atoms. The van der Waals surface area contributed by atoms with E-state index in [-0.39, 0.29) is 17.7 Å². The molecule has 1 fully saturated rings. The predicted octanol–water partition coefficient (Wildman–Crippen LogP) is 2.12. The molecule has 0 radical (unpaired) electrons. The summed E-state index contributed by atoms with van der Waals surface area (Å²) in [7, 11) is 0. The molecule has 4 heteroatoms.